The highest BCUT2D eigenvalue weighted by Crippen LogP contribution is 2.11. The SMILES string of the molecule is N#CCC(O)[C@@H](N)Cc1cc(F)cc(F)c1. The number of hydrogen-bond donors (Lipinski definition) is 2. The van der Waals surface area contributed by atoms with Crippen molar-refractivity contribution in [3.8, 4) is 6.07 Å². The maximum absolute atomic E-state index is 12.8. The van der Waals surface area contributed by atoms with Gasteiger partial charge < -0.3 is 10.8 Å². The molecule has 0 saturated heterocycles. The van der Waals surface area contributed by atoms with Crippen LogP contribution in [0.3, 0.4) is 0 Å². The van der Waals surface area contributed by atoms with Crippen molar-refractivity contribution in [2.45, 2.75) is 25.0 Å². The highest BCUT2D eigenvalue weighted by Gasteiger charge is 2.15. The van der Waals surface area contributed by atoms with Crippen molar-refractivity contribution in [3.05, 3.63) is 35.4 Å². The first-order valence-electron chi connectivity index (χ1n) is 4.78. The molecule has 0 heterocycles. The fraction of sp³-hybridized carbons (Fsp3) is 0.364. The third kappa shape index (κ3) is 3.57. The second-order valence-electron chi connectivity index (χ2n) is 3.58. The molecule has 86 valence electrons. The molecule has 1 rings (SSSR count). The third-order valence-electron chi connectivity index (χ3n) is 2.19. The lowest BCUT2D eigenvalue weighted by Gasteiger charge is -2.16. The van der Waals surface area contributed by atoms with Crippen LogP contribution in [0, 0.1) is 23.0 Å². The Morgan fingerprint density at radius 1 is 1.31 bits per heavy atom. The minimum Gasteiger partial charge on any atom is -0.390 e. The van der Waals surface area contributed by atoms with Crippen LogP contribution in [-0.2, 0) is 6.42 Å². The van der Waals surface area contributed by atoms with E-state index < -0.39 is 23.8 Å². The minimum atomic E-state index is -0.990. The molecule has 2 atom stereocenters. The lowest BCUT2D eigenvalue weighted by atomic mass is 10.0. The summed E-state index contributed by atoms with van der Waals surface area (Å²) in [5.74, 6) is -1.37. The van der Waals surface area contributed by atoms with Crippen LogP contribution in [0.25, 0.3) is 0 Å². The van der Waals surface area contributed by atoms with Gasteiger partial charge in [-0.1, -0.05) is 0 Å². The van der Waals surface area contributed by atoms with Crippen molar-refractivity contribution >= 4 is 0 Å². The van der Waals surface area contributed by atoms with Crippen molar-refractivity contribution in [3.63, 3.8) is 0 Å². The number of nitrogens with two attached hydrogens (primary N) is 1. The molecule has 0 aliphatic heterocycles. The standard InChI is InChI=1S/C11H12F2N2O/c12-8-3-7(4-9(13)6-8)5-10(15)11(16)1-2-14/h3-4,6,10-11,16H,1,5,15H2/t10-,11?/m0/s1. The van der Waals surface area contributed by atoms with Crippen LogP contribution in [0.5, 0.6) is 0 Å². The van der Waals surface area contributed by atoms with Crippen LogP contribution < -0.4 is 5.73 Å². The maximum Gasteiger partial charge on any atom is 0.126 e. The number of benzene rings is 1. The molecule has 1 unspecified atom stereocenters. The zero-order valence-electron chi connectivity index (χ0n) is 8.53. The fourth-order valence-electron chi connectivity index (χ4n) is 1.38. The summed E-state index contributed by atoms with van der Waals surface area (Å²) >= 11 is 0. The molecule has 0 radical (unpaired) electrons. The van der Waals surface area contributed by atoms with E-state index in [1.165, 1.54) is 0 Å². The largest absolute Gasteiger partial charge is 0.390 e. The lowest BCUT2D eigenvalue weighted by Crippen LogP contribution is -2.36. The Morgan fingerprint density at radius 3 is 2.38 bits per heavy atom. The first-order chi connectivity index (χ1) is 7.52. The van der Waals surface area contributed by atoms with Gasteiger partial charge in [0, 0.05) is 12.1 Å². The number of hydrogen-bond acceptors (Lipinski definition) is 3. The first-order valence-corrected chi connectivity index (χ1v) is 4.78. The molecular weight excluding hydrogens is 214 g/mol. The van der Waals surface area contributed by atoms with Crippen molar-refractivity contribution in [1.82, 2.24) is 0 Å². The number of nitriles is 1. The smallest absolute Gasteiger partial charge is 0.126 e. The number of aliphatic hydroxyl groups is 1. The van der Waals surface area contributed by atoms with Crippen molar-refractivity contribution < 1.29 is 13.9 Å². The van der Waals surface area contributed by atoms with Gasteiger partial charge in [0.25, 0.3) is 0 Å². The van der Waals surface area contributed by atoms with Crippen LogP contribution in [0.2, 0.25) is 0 Å². The summed E-state index contributed by atoms with van der Waals surface area (Å²) in [5.41, 5.74) is 5.95. The molecule has 1 aromatic carbocycles. The summed E-state index contributed by atoms with van der Waals surface area (Å²) in [4.78, 5) is 0. The summed E-state index contributed by atoms with van der Waals surface area (Å²) in [6, 6.07) is 4.15. The monoisotopic (exact) mass is 226 g/mol. The highest BCUT2D eigenvalue weighted by atomic mass is 19.1. The summed E-state index contributed by atoms with van der Waals surface area (Å²) < 4.78 is 25.7. The number of nitrogens with zero attached hydrogens (tertiary/aromatic N) is 1. The molecule has 0 amide bonds. The van der Waals surface area contributed by atoms with E-state index in [4.69, 9.17) is 11.0 Å². The summed E-state index contributed by atoms with van der Waals surface area (Å²) in [5, 5.41) is 17.7. The van der Waals surface area contributed by atoms with E-state index in [2.05, 4.69) is 0 Å². The molecule has 3 N–H and O–H groups in total. The van der Waals surface area contributed by atoms with E-state index in [9.17, 15) is 13.9 Å². The zero-order valence-corrected chi connectivity index (χ0v) is 8.53. The fourth-order valence-corrected chi connectivity index (χ4v) is 1.38. The van der Waals surface area contributed by atoms with Gasteiger partial charge in [0.05, 0.1) is 18.6 Å². The predicted molar refractivity (Wildman–Crippen MR) is 54.3 cm³/mol. The quantitative estimate of drug-likeness (QED) is 0.807. The van der Waals surface area contributed by atoms with Crippen molar-refractivity contribution in [2.75, 3.05) is 0 Å². The molecular formula is C11H12F2N2O. The normalized spacial score (nSPS) is 14.2. The van der Waals surface area contributed by atoms with Gasteiger partial charge in [-0.05, 0) is 24.1 Å². The average molecular weight is 226 g/mol. The first kappa shape index (κ1) is 12.6. The molecule has 0 fully saturated rings. The van der Waals surface area contributed by atoms with Gasteiger partial charge in [-0.2, -0.15) is 5.26 Å². The van der Waals surface area contributed by atoms with Crippen LogP contribution in [0.15, 0.2) is 18.2 Å². The van der Waals surface area contributed by atoms with E-state index in [-0.39, 0.29) is 12.8 Å². The topological polar surface area (TPSA) is 70.0 Å². The molecule has 0 aliphatic carbocycles. The van der Waals surface area contributed by atoms with E-state index >= 15 is 0 Å². The molecule has 16 heavy (non-hydrogen) atoms. The number of rotatable bonds is 4. The van der Waals surface area contributed by atoms with Gasteiger partial charge in [-0.15, -0.1) is 0 Å². The Balaban J connectivity index is 2.69. The van der Waals surface area contributed by atoms with Crippen molar-refractivity contribution in [2.24, 2.45) is 5.73 Å². The molecule has 0 spiro atoms. The van der Waals surface area contributed by atoms with Gasteiger partial charge in [-0.3, -0.25) is 0 Å². The van der Waals surface area contributed by atoms with Crippen LogP contribution >= 0.6 is 0 Å². The van der Waals surface area contributed by atoms with Crippen LogP contribution in [0.4, 0.5) is 8.78 Å². The van der Waals surface area contributed by atoms with Gasteiger partial charge in [-0.25, -0.2) is 8.78 Å². The van der Waals surface area contributed by atoms with E-state index in [1.807, 2.05) is 0 Å². The zero-order chi connectivity index (χ0) is 12.1. The Morgan fingerprint density at radius 2 is 1.88 bits per heavy atom. The highest BCUT2D eigenvalue weighted by molar-refractivity contribution is 5.19. The van der Waals surface area contributed by atoms with Gasteiger partial charge in [0.2, 0.25) is 0 Å². The van der Waals surface area contributed by atoms with Crippen molar-refractivity contribution in [1.29, 1.82) is 5.26 Å². The second-order valence-corrected chi connectivity index (χ2v) is 3.58. The van der Waals surface area contributed by atoms with E-state index in [1.54, 1.807) is 6.07 Å². The number of aliphatic hydroxyl groups excluding tert-OH is 1. The molecule has 0 bridgehead atoms. The van der Waals surface area contributed by atoms with Gasteiger partial charge in [0.15, 0.2) is 0 Å². The summed E-state index contributed by atoms with van der Waals surface area (Å²) in [7, 11) is 0. The van der Waals surface area contributed by atoms with E-state index in [0.29, 0.717) is 5.56 Å². The maximum atomic E-state index is 12.8. The molecule has 1 aromatic rings. The minimum absolute atomic E-state index is 0.0982. The Hall–Kier alpha value is -1.51. The van der Waals surface area contributed by atoms with Crippen LogP contribution in [0.1, 0.15) is 12.0 Å². The Bertz CT molecular complexity index is 383. The Kier molecular flexibility index (Phi) is 4.35. The summed E-state index contributed by atoms with van der Waals surface area (Å²) in [6.07, 6.45) is -0.965. The molecule has 3 nitrogen and oxygen atoms in total. The van der Waals surface area contributed by atoms with Gasteiger partial charge in [0.1, 0.15) is 11.6 Å². The molecule has 0 aliphatic rings. The van der Waals surface area contributed by atoms with Gasteiger partial charge >= 0.3 is 0 Å². The summed E-state index contributed by atoms with van der Waals surface area (Å²) in [6.45, 7) is 0. The number of halogens is 2. The molecule has 0 saturated carbocycles. The predicted octanol–water partition coefficient (Wildman–Crippen LogP) is 1.11. The lowest BCUT2D eigenvalue weighted by molar-refractivity contribution is 0.148. The third-order valence-corrected chi connectivity index (χ3v) is 2.19. The second kappa shape index (κ2) is 5.54. The molecule has 5 heteroatoms. The molecule has 0 aromatic heterocycles. The van der Waals surface area contributed by atoms with E-state index in [0.717, 1.165) is 18.2 Å². The average Bonchev–Trinajstić information content (AvgIpc) is 2.16. The Labute approximate surface area is 92.1 Å². The van der Waals surface area contributed by atoms with Crippen LogP contribution in [-0.4, -0.2) is 17.3 Å².